The minimum atomic E-state index is 0.170. The van der Waals surface area contributed by atoms with Crippen LogP contribution in [-0.4, -0.2) is 13.2 Å². The van der Waals surface area contributed by atoms with E-state index in [1.165, 1.54) is 29.5 Å². The second-order valence-corrected chi connectivity index (χ2v) is 6.59. The average Bonchev–Trinajstić information content (AvgIpc) is 3.23. The van der Waals surface area contributed by atoms with Gasteiger partial charge in [-0.05, 0) is 67.8 Å². The lowest BCUT2D eigenvalue weighted by atomic mass is 9.97. The topological polar surface area (TPSA) is 21.3 Å². The molecule has 110 valence electrons. The Kier molecular flexibility index (Phi) is 4.32. The molecule has 0 amide bonds. The van der Waals surface area contributed by atoms with E-state index in [0.717, 1.165) is 10.2 Å². The molecule has 1 aliphatic carbocycles. The normalized spacial score (nSPS) is 15.8. The van der Waals surface area contributed by atoms with Crippen molar-refractivity contribution in [2.45, 2.75) is 31.9 Å². The van der Waals surface area contributed by atoms with Crippen LogP contribution in [-0.2, 0) is 0 Å². The summed E-state index contributed by atoms with van der Waals surface area (Å²) in [7, 11) is 2.00. The first kappa shape index (κ1) is 14.6. The van der Waals surface area contributed by atoms with Gasteiger partial charge in [-0.15, -0.1) is 0 Å². The summed E-state index contributed by atoms with van der Waals surface area (Å²) in [6.45, 7) is 2.12. The number of nitrogens with one attached hydrogen (secondary N) is 1. The molecule has 0 radical (unpaired) electrons. The maximum Gasteiger partial charge on any atom is 0.120 e. The van der Waals surface area contributed by atoms with Crippen molar-refractivity contribution in [1.29, 1.82) is 0 Å². The zero-order valence-electron chi connectivity index (χ0n) is 12.4. The number of benzene rings is 2. The average molecular weight is 346 g/mol. The Bertz CT molecular complexity index is 617. The number of aryl methyl sites for hydroxylation is 1. The predicted molar refractivity (Wildman–Crippen MR) is 89.9 cm³/mol. The molecule has 1 fully saturated rings. The van der Waals surface area contributed by atoms with Crippen molar-refractivity contribution in [2.24, 2.45) is 0 Å². The van der Waals surface area contributed by atoms with Crippen LogP contribution in [0.25, 0.3) is 0 Å². The van der Waals surface area contributed by atoms with Gasteiger partial charge in [-0.1, -0.05) is 34.1 Å². The number of hydrogen-bond acceptors (Lipinski definition) is 2. The summed E-state index contributed by atoms with van der Waals surface area (Å²) in [6, 6.07) is 15.1. The van der Waals surface area contributed by atoms with Crippen molar-refractivity contribution in [2.75, 3.05) is 7.05 Å². The molecule has 0 heterocycles. The molecule has 3 rings (SSSR count). The molecule has 0 spiro atoms. The summed E-state index contributed by atoms with van der Waals surface area (Å²) in [6.07, 6.45) is 2.80. The van der Waals surface area contributed by atoms with E-state index < -0.39 is 0 Å². The Morgan fingerprint density at radius 2 is 1.95 bits per heavy atom. The van der Waals surface area contributed by atoms with Gasteiger partial charge in [0.2, 0.25) is 0 Å². The molecule has 2 nitrogen and oxygen atoms in total. The number of halogens is 1. The Morgan fingerprint density at radius 1 is 1.14 bits per heavy atom. The molecule has 1 N–H and O–H groups in total. The molecular weight excluding hydrogens is 326 g/mol. The van der Waals surface area contributed by atoms with Crippen molar-refractivity contribution < 1.29 is 4.74 Å². The molecule has 21 heavy (non-hydrogen) atoms. The highest BCUT2D eigenvalue weighted by atomic mass is 79.9. The predicted octanol–water partition coefficient (Wildman–Crippen LogP) is 4.61. The maximum atomic E-state index is 5.91. The Morgan fingerprint density at radius 3 is 2.62 bits per heavy atom. The minimum Gasteiger partial charge on any atom is -0.490 e. The van der Waals surface area contributed by atoms with Crippen molar-refractivity contribution in [1.82, 2.24) is 5.32 Å². The summed E-state index contributed by atoms with van der Waals surface area (Å²) in [5.74, 6) is 0.974. The van der Waals surface area contributed by atoms with Gasteiger partial charge in [-0.2, -0.15) is 0 Å². The molecule has 0 aliphatic heterocycles. The number of hydrogen-bond donors (Lipinski definition) is 1. The zero-order valence-corrected chi connectivity index (χ0v) is 14.0. The van der Waals surface area contributed by atoms with Crippen LogP contribution in [0.3, 0.4) is 0 Å². The third kappa shape index (κ3) is 3.66. The Hall–Kier alpha value is -1.32. The van der Waals surface area contributed by atoms with Gasteiger partial charge in [0.1, 0.15) is 5.75 Å². The van der Waals surface area contributed by atoms with Crippen molar-refractivity contribution in [3.05, 3.63) is 63.6 Å². The summed E-state index contributed by atoms with van der Waals surface area (Å²) in [4.78, 5) is 0. The Balaban J connectivity index is 1.91. The van der Waals surface area contributed by atoms with Crippen LogP contribution in [0.4, 0.5) is 0 Å². The third-order valence-electron chi connectivity index (χ3n) is 3.71. The lowest BCUT2D eigenvalue weighted by molar-refractivity contribution is 0.302. The molecule has 1 aliphatic rings. The molecule has 1 saturated carbocycles. The summed E-state index contributed by atoms with van der Waals surface area (Å²) >= 11 is 3.59. The second-order valence-electron chi connectivity index (χ2n) is 5.67. The monoisotopic (exact) mass is 345 g/mol. The summed E-state index contributed by atoms with van der Waals surface area (Å²) < 4.78 is 7.02. The van der Waals surface area contributed by atoms with Gasteiger partial charge in [-0.25, -0.2) is 0 Å². The van der Waals surface area contributed by atoms with Gasteiger partial charge >= 0.3 is 0 Å². The molecule has 2 aromatic carbocycles. The van der Waals surface area contributed by atoms with Crippen LogP contribution in [0.15, 0.2) is 46.9 Å². The van der Waals surface area contributed by atoms with E-state index in [4.69, 9.17) is 4.74 Å². The SMILES string of the molecule is CNC(c1cc(C)cc(Br)c1)c1cccc(OC2CC2)c1. The molecule has 2 aromatic rings. The lowest BCUT2D eigenvalue weighted by Crippen LogP contribution is -2.18. The van der Waals surface area contributed by atoms with Crippen LogP contribution in [0.5, 0.6) is 5.75 Å². The molecule has 0 saturated heterocycles. The van der Waals surface area contributed by atoms with E-state index in [9.17, 15) is 0 Å². The quantitative estimate of drug-likeness (QED) is 0.854. The van der Waals surface area contributed by atoms with Crippen LogP contribution in [0.1, 0.15) is 35.6 Å². The molecule has 1 atom stereocenters. The zero-order chi connectivity index (χ0) is 14.8. The van der Waals surface area contributed by atoms with Crippen molar-refractivity contribution in [3.8, 4) is 5.75 Å². The highest BCUT2D eigenvalue weighted by molar-refractivity contribution is 9.10. The van der Waals surface area contributed by atoms with Gasteiger partial charge < -0.3 is 10.1 Å². The van der Waals surface area contributed by atoms with Crippen molar-refractivity contribution in [3.63, 3.8) is 0 Å². The molecule has 3 heteroatoms. The van der Waals surface area contributed by atoms with Gasteiger partial charge in [0.25, 0.3) is 0 Å². The first-order valence-corrected chi connectivity index (χ1v) is 8.16. The maximum absolute atomic E-state index is 5.91. The minimum absolute atomic E-state index is 0.170. The Labute approximate surface area is 134 Å². The first-order chi connectivity index (χ1) is 10.2. The van der Waals surface area contributed by atoms with E-state index in [-0.39, 0.29) is 6.04 Å². The number of rotatable bonds is 5. The second kappa shape index (κ2) is 6.20. The van der Waals surface area contributed by atoms with Crippen molar-refractivity contribution >= 4 is 15.9 Å². The molecule has 0 aromatic heterocycles. The summed E-state index contributed by atoms with van der Waals surface area (Å²) in [5.41, 5.74) is 3.74. The van der Waals surface area contributed by atoms with E-state index in [1.54, 1.807) is 0 Å². The smallest absolute Gasteiger partial charge is 0.120 e. The van der Waals surface area contributed by atoms with Crippen LogP contribution in [0, 0.1) is 6.92 Å². The largest absolute Gasteiger partial charge is 0.490 e. The fourth-order valence-corrected chi connectivity index (χ4v) is 3.23. The van der Waals surface area contributed by atoms with E-state index in [1.807, 2.05) is 13.1 Å². The first-order valence-electron chi connectivity index (χ1n) is 7.36. The van der Waals surface area contributed by atoms with E-state index >= 15 is 0 Å². The third-order valence-corrected chi connectivity index (χ3v) is 4.16. The highest BCUT2D eigenvalue weighted by Crippen LogP contribution is 2.31. The summed E-state index contributed by atoms with van der Waals surface area (Å²) in [5, 5.41) is 3.41. The fourth-order valence-electron chi connectivity index (χ4n) is 2.60. The molecule has 0 bridgehead atoms. The lowest BCUT2D eigenvalue weighted by Gasteiger charge is -2.19. The van der Waals surface area contributed by atoms with Crippen LogP contribution >= 0.6 is 15.9 Å². The van der Waals surface area contributed by atoms with Crippen LogP contribution in [0.2, 0.25) is 0 Å². The standard InChI is InChI=1S/C18H20BrNO/c1-12-8-14(10-15(19)9-12)18(20-2)13-4-3-5-17(11-13)21-16-6-7-16/h3-5,8-11,16,18,20H,6-7H2,1-2H3. The van der Waals surface area contributed by atoms with Gasteiger partial charge in [0, 0.05) is 4.47 Å². The highest BCUT2D eigenvalue weighted by Gasteiger charge is 2.23. The van der Waals surface area contributed by atoms with Gasteiger partial charge in [0.15, 0.2) is 0 Å². The van der Waals surface area contributed by atoms with Crippen LogP contribution < -0.4 is 10.1 Å². The number of ether oxygens (including phenoxy) is 1. The van der Waals surface area contributed by atoms with Gasteiger partial charge in [0.05, 0.1) is 12.1 Å². The van der Waals surface area contributed by atoms with Gasteiger partial charge in [-0.3, -0.25) is 0 Å². The van der Waals surface area contributed by atoms with E-state index in [0.29, 0.717) is 6.10 Å². The fraction of sp³-hybridized carbons (Fsp3) is 0.333. The molecule has 1 unspecified atom stereocenters. The van der Waals surface area contributed by atoms with E-state index in [2.05, 4.69) is 64.6 Å². The molecular formula is C18H20BrNO.